The summed E-state index contributed by atoms with van der Waals surface area (Å²) in [7, 11) is 1.66. The Kier molecular flexibility index (Phi) is 2.91. The van der Waals surface area contributed by atoms with Crippen LogP contribution in [0.15, 0.2) is 22.7 Å². The van der Waals surface area contributed by atoms with E-state index < -0.39 is 0 Å². The molecule has 2 aliphatic rings. The number of halogens is 1. The molecule has 0 aromatic heterocycles. The van der Waals surface area contributed by atoms with Crippen molar-refractivity contribution in [2.75, 3.05) is 7.11 Å². The smallest absolute Gasteiger partial charge is 0.124 e. The van der Waals surface area contributed by atoms with Crippen LogP contribution >= 0.6 is 15.9 Å². The number of hydrogen-bond donors (Lipinski definition) is 1. The summed E-state index contributed by atoms with van der Waals surface area (Å²) in [6.07, 6.45) is 3.57. The Morgan fingerprint density at radius 2 is 2.06 bits per heavy atom. The van der Waals surface area contributed by atoms with Crippen LogP contribution in [-0.4, -0.2) is 12.2 Å². The fourth-order valence-electron chi connectivity index (χ4n) is 3.49. The molecule has 92 valence electrons. The highest BCUT2D eigenvalue weighted by Crippen LogP contribution is 2.62. The average Bonchev–Trinajstić information content (AvgIpc) is 2.81. The molecule has 0 radical (unpaired) electrons. The van der Waals surface area contributed by atoms with Crippen molar-refractivity contribution in [3.63, 3.8) is 0 Å². The van der Waals surface area contributed by atoms with Crippen LogP contribution in [0.5, 0.6) is 5.75 Å². The molecule has 0 aliphatic heterocycles. The number of ether oxygens (including phenoxy) is 1. The summed E-state index contributed by atoms with van der Waals surface area (Å²) in [4.78, 5) is 0. The first kappa shape index (κ1) is 11.5. The van der Waals surface area contributed by atoms with Crippen LogP contribution in [0.2, 0.25) is 0 Å². The van der Waals surface area contributed by atoms with E-state index >= 15 is 0 Å². The maximum absolute atomic E-state index is 10.5. The molecule has 1 N–H and O–H groups in total. The van der Waals surface area contributed by atoms with E-state index in [4.69, 9.17) is 4.74 Å². The predicted octanol–water partition coefficient (Wildman–Crippen LogP) is 3.54. The highest BCUT2D eigenvalue weighted by atomic mass is 79.9. The van der Waals surface area contributed by atoms with Crippen molar-refractivity contribution < 1.29 is 9.84 Å². The number of methoxy groups -OCH3 is 1. The molecule has 2 aliphatic carbocycles. The zero-order chi connectivity index (χ0) is 12.0. The highest BCUT2D eigenvalue weighted by molar-refractivity contribution is 9.10. The Morgan fingerprint density at radius 1 is 1.35 bits per heavy atom. The van der Waals surface area contributed by atoms with Crippen molar-refractivity contribution in [2.24, 2.45) is 17.8 Å². The molecular formula is C14H17BrO2. The number of aliphatic hydroxyl groups excluding tert-OH is 1. The Balaban J connectivity index is 1.85. The van der Waals surface area contributed by atoms with Crippen LogP contribution in [-0.2, 0) is 0 Å². The van der Waals surface area contributed by atoms with E-state index in [2.05, 4.69) is 15.9 Å². The van der Waals surface area contributed by atoms with Crippen molar-refractivity contribution in [3.05, 3.63) is 28.2 Å². The number of hydrogen-bond acceptors (Lipinski definition) is 2. The topological polar surface area (TPSA) is 29.5 Å². The van der Waals surface area contributed by atoms with E-state index in [1.165, 1.54) is 19.3 Å². The van der Waals surface area contributed by atoms with Crippen molar-refractivity contribution in [1.82, 2.24) is 0 Å². The Morgan fingerprint density at radius 3 is 2.71 bits per heavy atom. The van der Waals surface area contributed by atoms with Gasteiger partial charge in [0.15, 0.2) is 0 Å². The SMILES string of the molecule is COc1ccc(Br)cc1C(O)C1C2CCCC21. The van der Waals surface area contributed by atoms with E-state index in [-0.39, 0.29) is 6.10 Å². The second-order valence-corrected chi connectivity index (χ2v) is 6.08. The third kappa shape index (κ3) is 1.89. The predicted molar refractivity (Wildman–Crippen MR) is 70.0 cm³/mol. The van der Waals surface area contributed by atoms with Gasteiger partial charge in [0.05, 0.1) is 13.2 Å². The average molecular weight is 297 g/mol. The second kappa shape index (κ2) is 4.29. The van der Waals surface area contributed by atoms with Gasteiger partial charge < -0.3 is 9.84 Å². The van der Waals surface area contributed by atoms with E-state index in [0.717, 1.165) is 27.6 Å². The normalized spacial score (nSPS) is 32.1. The van der Waals surface area contributed by atoms with Crippen molar-refractivity contribution in [1.29, 1.82) is 0 Å². The second-order valence-electron chi connectivity index (χ2n) is 5.17. The van der Waals surface area contributed by atoms with E-state index in [0.29, 0.717) is 5.92 Å². The summed E-state index contributed by atoms with van der Waals surface area (Å²) in [5.41, 5.74) is 0.932. The highest BCUT2D eigenvalue weighted by Gasteiger charge is 2.56. The van der Waals surface area contributed by atoms with Gasteiger partial charge in [-0.3, -0.25) is 0 Å². The zero-order valence-corrected chi connectivity index (χ0v) is 11.5. The third-order valence-corrected chi connectivity index (χ3v) is 4.84. The van der Waals surface area contributed by atoms with Crippen molar-refractivity contribution >= 4 is 15.9 Å². The molecule has 1 aromatic carbocycles. The van der Waals surface area contributed by atoms with Crippen LogP contribution < -0.4 is 4.74 Å². The maximum Gasteiger partial charge on any atom is 0.124 e. The molecule has 3 unspecified atom stereocenters. The Hall–Kier alpha value is -0.540. The van der Waals surface area contributed by atoms with Gasteiger partial charge in [-0.1, -0.05) is 22.4 Å². The van der Waals surface area contributed by atoms with Gasteiger partial charge in [-0.25, -0.2) is 0 Å². The van der Waals surface area contributed by atoms with Crippen molar-refractivity contribution in [2.45, 2.75) is 25.4 Å². The van der Waals surface area contributed by atoms with Gasteiger partial charge in [0.2, 0.25) is 0 Å². The van der Waals surface area contributed by atoms with Gasteiger partial charge >= 0.3 is 0 Å². The molecule has 0 amide bonds. The number of aliphatic hydroxyl groups is 1. The lowest BCUT2D eigenvalue weighted by Gasteiger charge is -2.16. The molecule has 0 spiro atoms. The largest absolute Gasteiger partial charge is 0.496 e. The van der Waals surface area contributed by atoms with E-state index in [1.807, 2.05) is 18.2 Å². The summed E-state index contributed by atoms with van der Waals surface area (Å²) in [6, 6.07) is 5.85. The van der Waals surface area contributed by atoms with Crippen LogP contribution in [0.25, 0.3) is 0 Å². The summed E-state index contributed by atoms with van der Waals surface area (Å²) in [5, 5.41) is 10.5. The lowest BCUT2D eigenvalue weighted by atomic mass is 9.99. The fraction of sp³-hybridized carbons (Fsp3) is 0.571. The third-order valence-electron chi connectivity index (χ3n) is 4.35. The molecule has 0 saturated heterocycles. The fourth-order valence-corrected chi connectivity index (χ4v) is 3.87. The number of rotatable bonds is 3. The van der Waals surface area contributed by atoms with Gasteiger partial charge in [0.25, 0.3) is 0 Å². The molecular weight excluding hydrogens is 280 g/mol. The molecule has 0 bridgehead atoms. The van der Waals surface area contributed by atoms with E-state index in [1.54, 1.807) is 7.11 Å². The summed E-state index contributed by atoms with van der Waals surface area (Å²) >= 11 is 3.46. The molecule has 3 heteroatoms. The summed E-state index contributed by atoms with van der Waals surface area (Å²) < 4.78 is 6.34. The minimum atomic E-state index is -0.363. The number of fused-ring (bicyclic) bond motifs is 1. The molecule has 2 nitrogen and oxygen atoms in total. The quantitative estimate of drug-likeness (QED) is 0.924. The molecule has 2 fully saturated rings. The van der Waals surface area contributed by atoms with Crippen LogP contribution in [0.1, 0.15) is 30.9 Å². The lowest BCUT2D eigenvalue weighted by Crippen LogP contribution is -2.06. The Bertz CT molecular complexity index is 422. The van der Waals surface area contributed by atoms with E-state index in [9.17, 15) is 5.11 Å². The molecule has 3 atom stereocenters. The molecule has 1 aromatic rings. The Labute approximate surface area is 110 Å². The lowest BCUT2D eigenvalue weighted by molar-refractivity contribution is 0.133. The minimum Gasteiger partial charge on any atom is -0.496 e. The van der Waals surface area contributed by atoms with Crippen molar-refractivity contribution in [3.8, 4) is 5.75 Å². The van der Waals surface area contributed by atoms with Gasteiger partial charge in [-0.2, -0.15) is 0 Å². The molecule has 2 saturated carbocycles. The standard InChI is InChI=1S/C14H17BrO2/c1-17-12-6-5-8(15)7-11(12)14(16)13-9-3-2-4-10(9)13/h5-7,9-10,13-14,16H,2-4H2,1H3. The van der Waals surface area contributed by atoms with Gasteiger partial charge in [-0.05, 0) is 48.8 Å². The molecule has 3 rings (SSSR count). The van der Waals surface area contributed by atoms with Crippen LogP contribution in [0, 0.1) is 17.8 Å². The first-order chi connectivity index (χ1) is 8.22. The minimum absolute atomic E-state index is 0.363. The molecule has 0 heterocycles. The maximum atomic E-state index is 10.5. The van der Waals surface area contributed by atoms with Gasteiger partial charge in [0.1, 0.15) is 5.75 Å². The zero-order valence-electron chi connectivity index (χ0n) is 9.90. The number of benzene rings is 1. The van der Waals surface area contributed by atoms with Crippen LogP contribution in [0.4, 0.5) is 0 Å². The van der Waals surface area contributed by atoms with Crippen LogP contribution in [0.3, 0.4) is 0 Å². The first-order valence-electron chi connectivity index (χ1n) is 6.24. The van der Waals surface area contributed by atoms with Gasteiger partial charge in [0, 0.05) is 10.0 Å². The summed E-state index contributed by atoms with van der Waals surface area (Å²) in [5.74, 6) is 2.78. The first-order valence-corrected chi connectivity index (χ1v) is 7.03. The monoisotopic (exact) mass is 296 g/mol. The molecule has 17 heavy (non-hydrogen) atoms. The van der Waals surface area contributed by atoms with Gasteiger partial charge in [-0.15, -0.1) is 0 Å². The summed E-state index contributed by atoms with van der Waals surface area (Å²) in [6.45, 7) is 0.